The van der Waals surface area contributed by atoms with Gasteiger partial charge in [0.2, 0.25) is 17.7 Å². The lowest BCUT2D eigenvalue weighted by Gasteiger charge is -2.43. The van der Waals surface area contributed by atoms with Crippen molar-refractivity contribution < 1.29 is 29.0 Å². The minimum atomic E-state index is -1.40. The maximum Gasteiger partial charge on any atom is 0.408 e. The second-order valence-electron chi connectivity index (χ2n) is 11.4. The summed E-state index contributed by atoms with van der Waals surface area (Å²) in [5, 5.41) is 16.3. The number of aryl methyl sites for hydroxylation is 1. The third kappa shape index (κ3) is 9.59. The number of rotatable bonds is 10. The van der Waals surface area contributed by atoms with Gasteiger partial charge in [-0.1, -0.05) is 31.5 Å². The number of phenolic OH excluding ortho intramolecular Hbond substituents is 1. The number of alkyl carbamates (subject to hydrolysis) is 1. The lowest BCUT2D eigenvalue weighted by molar-refractivity contribution is -0.149. The number of para-hydroxylation sites is 1. The van der Waals surface area contributed by atoms with E-state index in [1.54, 1.807) is 66.7 Å². The van der Waals surface area contributed by atoms with Crippen LogP contribution < -0.4 is 16.4 Å². The highest BCUT2D eigenvalue weighted by Crippen LogP contribution is 2.36. The molecule has 0 heterocycles. The summed E-state index contributed by atoms with van der Waals surface area (Å²) in [6.45, 7) is 15.7. The summed E-state index contributed by atoms with van der Waals surface area (Å²) in [6, 6.07) is 2.10. The van der Waals surface area contributed by atoms with Gasteiger partial charge in [-0.05, 0) is 67.4 Å². The summed E-state index contributed by atoms with van der Waals surface area (Å²) in [5.41, 5.74) is 4.34. The molecule has 3 unspecified atom stereocenters. The van der Waals surface area contributed by atoms with Crippen molar-refractivity contribution in [3.05, 3.63) is 29.3 Å². The van der Waals surface area contributed by atoms with E-state index in [4.69, 9.17) is 10.5 Å². The van der Waals surface area contributed by atoms with Crippen LogP contribution in [0.4, 0.5) is 4.79 Å². The fraction of sp³-hybridized carbons (Fsp3) is 0.630. The Labute approximate surface area is 220 Å². The largest absolute Gasteiger partial charge is 0.507 e. The molecule has 0 spiro atoms. The molecule has 0 aliphatic rings. The quantitative estimate of drug-likeness (QED) is 0.371. The standard InChI is InChI=1S/C27H44N4O6/c1-10-12-17(3)29-23(34)21(18-14-11-13-16(2)22(18)33)31(26(4,5)6)24(35)19(15-20(28)32)30-25(36)37-27(7,8)9/h11,13-14,17,19,21,33H,10,12,15H2,1-9H3,(H2,28,32)(H,29,34)(H,30,36). The number of primary amides is 1. The minimum Gasteiger partial charge on any atom is -0.507 e. The van der Waals surface area contributed by atoms with Gasteiger partial charge in [-0.3, -0.25) is 14.4 Å². The fourth-order valence-electron chi connectivity index (χ4n) is 3.99. The Bertz CT molecular complexity index is 980. The zero-order valence-corrected chi connectivity index (χ0v) is 23.6. The highest BCUT2D eigenvalue weighted by molar-refractivity contribution is 5.95. The molecule has 208 valence electrons. The maximum atomic E-state index is 14.0. The average molecular weight is 521 g/mol. The molecule has 0 radical (unpaired) electrons. The van der Waals surface area contributed by atoms with Gasteiger partial charge in [0.15, 0.2) is 0 Å². The molecule has 10 nitrogen and oxygen atoms in total. The second-order valence-corrected chi connectivity index (χ2v) is 11.4. The van der Waals surface area contributed by atoms with Gasteiger partial charge in [0.25, 0.3) is 0 Å². The molecule has 0 fully saturated rings. The normalized spacial score (nSPS) is 14.2. The fourth-order valence-corrected chi connectivity index (χ4v) is 3.99. The Kier molecular flexibility index (Phi) is 11.0. The minimum absolute atomic E-state index is 0.126. The molecule has 0 aliphatic carbocycles. The lowest BCUT2D eigenvalue weighted by Crippen LogP contribution is -2.59. The van der Waals surface area contributed by atoms with Crippen LogP contribution in [0.1, 0.15) is 91.8 Å². The zero-order chi connectivity index (χ0) is 28.7. The Hall–Kier alpha value is -3.30. The Morgan fingerprint density at radius 3 is 2.16 bits per heavy atom. The summed E-state index contributed by atoms with van der Waals surface area (Å²) in [5.74, 6) is -2.17. The predicted octanol–water partition coefficient (Wildman–Crippen LogP) is 3.44. The number of aromatic hydroxyl groups is 1. The lowest BCUT2D eigenvalue weighted by atomic mass is 9.93. The topological polar surface area (TPSA) is 151 Å². The van der Waals surface area contributed by atoms with E-state index >= 15 is 0 Å². The molecule has 3 atom stereocenters. The Morgan fingerprint density at radius 1 is 1.08 bits per heavy atom. The van der Waals surface area contributed by atoms with Gasteiger partial charge in [0.05, 0.1) is 6.42 Å². The van der Waals surface area contributed by atoms with Gasteiger partial charge >= 0.3 is 6.09 Å². The van der Waals surface area contributed by atoms with E-state index < -0.39 is 53.5 Å². The van der Waals surface area contributed by atoms with E-state index in [1.165, 1.54) is 4.90 Å². The first-order valence-corrected chi connectivity index (χ1v) is 12.6. The zero-order valence-electron chi connectivity index (χ0n) is 23.6. The van der Waals surface area contributed by atoms with Crippen molar-refractivity contribution in [3.8, 4) is 5.75 Å². The molecule has 1 rings (SSSR count). The van der Waals surface area contributed by atoms with Crippen LogP contribution in [0, 0.1) is 6.92 Å². The number of hydrogen-bond donors (Lipinski definition) is 4. The molecule has 0 saturated heterocycles. The molecular formula is C27H44N4O6. The smallest absolute Gasteiger partial charge is 0.408 e. The number of carbonyl (C=O) groups excluding carboxylic acids is 4. The number of amides is 4. The Morgan fingerprint density at radius 2 is 1.68 bits per heavy atom. The molecule has 10 heteroatoms. The van der Waals surface area contributed by atoms with Crippen LogP contribution in [0.5, 0.6) is 5.75 Å². The first kappa shape index (κ1) is 31.7. The molecule has 37 heavy (non-hydrogen) atoms. The van der Waals surface area contributed by atoms with Crippen LogP contribution in [-0.2, 0) is 19.1 Å². The number of phenols is 1. The number of nitrogens with one attached hydrogen (secondary N) is 2. The van der Waals surface area contributed by atoms with Crippen molar-refractivity contribution in [2.75, 3.05) is 0 Å². The first-order valence-electron chi connectivity index (χ1n) is 12.6. The predicted molar refractivity (Wildman–Crippen MR) is 142 cm³/mol. The molecule has 1 aromatic carbocycles. The van der Waals surface area contributed by atoms with Gasteiger partial charge in [-0.25, -0.2) is 4.79 Å². The third-order valence-electron chi connectivity index (χ3n) is 5.53. The van der Waals surface area contributed by atoms with Crippen LogP contribution in [0.2, 0.25) is 0 Å². The van der Waals surface area contributed by atoms with Gasteiger partial charge in [0, 0.05) is 17.1 Å². The average Bonchev–Trinajstić information content (AvgIpc) is 2.70. The van der Waals surface area contributed by atoms with Gasteiger partial charge in [-0.2, -0.15) is 0 Å². The van der Waals surface area contributed by atoms with E-state index in [2.05, 4.69) is 10.6 Å². The number of nitrogens with two attached hydrogens (primary N) is 1. The van der Waals surface area contributed by atoms with Crippen molar-refractivity contribution in [1.82, 2.24) is 15.5 Å². The van der Waals surface area contributed by atoms with Gasteiger partial charge in [0.1, 0.15) is 23.4 Å². The highest BCUT2D eigenvalue weighted by atomic mass is 16.6. The number of ether oxygens (including phenoxy) is 1. The number of hydrogen-bond acceptors (Lipinski definition) is 6. The van der Waals surface area contributed by atoms with Crippen LogP contribution in [0.15, 0.2) is 18.2 Å². The summed E-state index contributed by atoms with van der Waals surface area (Å²) < 4.78 is 5.28. The molecule has 1 aromatic rings. The second kappa shape index (κ2) is 12.8. The van der Waals surface area contributed by atoms with Crippen LogP contribution >= 0.6 is 0 Å². The monoisotopic (exact) mass is 520 g/mol. The summed E-state index contributed by atoms with van der Waals surface area (Å²) in [7, 11) is 0. The molecule has 0 bridgehead atoms. The van der Waals surface area contributed by atoms with E-state index in [1.807, 2.05) is 13.8 Å². The van der Waals surface area contributed by atoms with Crippen LogP contribution in [-0.4, -0.2) is 57.0 Å². The van der Waals surface area contributed by atoms with Crippen molar-refractivity contribution in [2.24, 2.45) is 5.73 Å². The molecule has 0 aromatic heterocycles. The molecule has 5 N–H and O–H groups in total. The first-order chi connectivity index (χ1) is 16.9. The summed E-state index contributed by atoms with van der Waals surface area (Å²) >= 11 is 0. The number of benzene rings is 1. The van der Waals surface area contributed by atoms with Crippen molar-refractivity contribution >= 4 is 23.8 Å². The van der Waals surface area contributed by atoms with Crippen LogP contribution in [0.3, 0.4) is 0 Å². The number of nitrogens with zero attached hydrogens (tertiary/aromatic N) is 1. The summed E-state index contributed by atoms with van der Waals surface area (Å²) in [4.78, 5) is 53.5. The molecule has 4 amide bonds. The van der Waals surface area contributed by atoms with Crippen molar-refractivity contribution in [3.63, 3.8) is 0 Å². The van der Waals surface area contributed by atoms with E-state index in [0.29, 0.717) is 12.0 Å². The Balaban J connectivity index is 3.67. The van der Waals surface area contributed by atoms with Gasteiger partial charge in [-0.15, -0.1) is 0 Å². The van der Waals surface area contributed by atoms with E-state index in [-0.39, 0.29) is 17.4 Å². The van der Waals surface area contributed by atoms with E-state index in [0.717, 1.165) is 6.42 Å². The van der Waals surface area contributed by atoms with Crippen molar-refractivity contribution in [1.29, 1.82) is 0 Å². The molecule has 0 saturated carbocycles. The molecular weight excluding hydrogens is 476 g/mol. The molecule has 0 aliphatic heterocycles. The van der Waals surface area contributed by atoms with Crippen molar-refractivity contribution in [2.45, 2.75) is 111 Å². The van der Waals surface area contributed by atoms with Crippen LogP contribution in [0.25, 0.3) is 0 Å². The maximum absolute atomic E-state index is 14.0. The van der Waals surface area contributed by atoms with E-state index in [9.17, 15) is 24.3 Å². The van der Waals surface area contributed by atoms with Gasteiger partial charge < -0.3 is 31.1 Å². The SMILES string of the molecule is CCCC(C)NC(=O)C(c1cccc(C)c1O)N(C(=O)C(CC(N)=O)NC(=O)OC(C)(C)C)C(C)(C)C. The number of carbonyl (C=O) groups is 4. The third-order valence-corrected chi connectivity index (χ3v) is 5.53. The highest BCUT2D eigenvalue weighted by Gasteiger charge is 2.43. The summed E-state index contributed by atoms with van der Waals surface area (Å²) in [6.07, 6.45) is 0.138.